The van der Waals surface area contributed by atoms with E-state index in [4.69, 9.17) is 5.73 Å². The van der Waals surface area contributed by atoms with Gasteiger partial charge in [-0.2, -0.15) is 0 Å². The number of nitrogens with two attached hydrogens (primary N) is 1. The topological polar surface area (TPSA) is 26.0 Å². The Morgan fingerprint density at radius 3 is 1.75 bits per heavy atom. The lowest BCUT2D eigenvalue weighted by atomic mass is 9.99. The molecule has 0 amide bonds. The van der Waals surface area contributed by atoms with E-state index >= 15 is 0 Å². The minimum absolute atomic E-state index is 0.794. The van der Waals surface area contributed by atoms with Gasteiger partial charge in [0.1, 0.15) is 0 Å². The normalized spacial score (nSPS) is 10.4. The fourth-order valence-electron chi connectivity index (χ4n) is 2.26. The molecule has 2 heteroatoms. The first-order valence-corrected chi connectivity index (χ1v) is 7.53. The third kappa shape index (κ3) is 2.56. The van der Waals surface area contributed by atoms with Gasteiger partial charge >= 0.3 is 0 Å². The predicted molar refractivity (Wildman–Crippen MR) is 94.4 cm³/mol. The van der Waals surface area contributed by atoms with Crippen LogP contribution in [0.2, 0.25) is 0 Å². The summed E-state index contributed by atoms with van der Waals surface area (Å²) in [6, 6.07) is 24.9. The highest BCUT2D eigenvalue weighted by molar-refractivity contribution is 14.1. The molecule has 0 atom stereocenters. The van der Waals surface area contributed by atoms with Gasteiger partial charge in [0.15, 0.2) is 0 Å². The molecule has 0 fully saturated rings. The van der Waals surface area contributed by atoms with Crippen molar-refractivity contribution in [2.45, 2.75) is 0 Å². The van der Waals surface area contributed by atoms with Gasteiger partial charge in [0, 0.05) is 9.26 Å². The van der Waals surface area contributed by atoms with Crippen molar-refractivity contribution in [1.82, 2.24) is 0 Å². The average molecular weight is 371 g/mol. The Morgan fingerprint density at radius 1 is 0.600 bits per heavy atom. The van der Waals surface area contributed by atoms with Crippen molar-refractivity contribution in [3.63, 3.8) is 0 Å². The Kier molecular flexibility index (Phi) is 3.74. The Hall–Kier alpha value is -1.81. The van der Waals surface area contributed by atoms with Crippen molar-refractivity contribution in [2.24, 2.45) is 0 Å². The third-order valence-corrected chi connectivity index (χ3v) is 4.47. The molecule has 98 valence electrons. The molecule has 0 radical (unpaired) electrons. The molecule has 20 heavy (non-hydrogen) atoms. The van der Waals surface area contributed by atoms with Crippen LogP contribution in [0.4, 0.5) is 5.69 Å². The van der Waals surface area contributed by atoms with Crippen molar-refractivity contribution < 1.29 is 0 Å². The summed E-state index contributed by atoms with van der Waals surface area (Å²) in [4.78, 5) is 0. The van der Waals surface area contributed by atoms with Crippen molar-refractivity contribution in [1.29, 1.82) is 0 Å². The minimum Gasteiger partial charge on any atom is -0.399 e. The van der Waals surface area contributed by atoms with Crippen molar-refractivity contribution in [3.8, 4) is 22.3 Å². The number of anilines is 1. The molecule has 1 nitrogen and oxygen atoms in total. The smallest absolute Gasteiger partial charge is 0.0314 e. The van der Waals surface area contributed by atoms with Crippen LogP contribution in [0.1, 0.15) is 0 Å². The van der Waals surface area contributed by atoms with Crippen LogP contribution in [-0.2, 0) is 0 Å². The van der Waals surface area contributed by atoms with Crippen molar-refractivity contribution >= 4 is 28.3 Å². The Labute approximate surface area is 132 Å². The summed E-state index contributed by atoms with van der Waals surface area (Å²) in [6.07, 6.45) is 0. The molecular weight excluding hydrogens is 357 g/mol. The highest BCUT2D eigenvalue weighted by Gasteiger charge is 2.08. The van der Waals surface area contributed by atoms with Gasteiger partial charge in [-0.15, -0.1) is 0 Å². The summed E-state index contributed by atoms with van der Waals surface area (Å²) in [5.74, 6) is 0. The van der Waals surface area contributed by atoms with Crippen LogP contribution in [0.3, 0.4) is 0 Å². The Bertz CT molecular complexity index is 718. The second-order valence-electron chi connectivity index (χ2n) is 4.66. The standard InChI is InChI=1S/C18H14IN/c19-18-16(13-5-2-1-3-6-13)7-4-8-17(18)14-9-11-15(20)12-10-14/h1-12H,20H2. The molecule has 3 aromatic rings. The molecule has 2 N–H and O–H groups in total. The molecule has 0 aliphatic heterocycles. The first-order chi connectivity index (χ1) is 9.75. The van der Waals surface area contributed by atoms with Gasteiger partial charge in [0.25, 0.3) is 0 Å². The van der Waals surface area contributed by atoms with E-state index in [1.165, 1.54) is 25.8 Å². The summed E-state index contributed by atoms with van der Waals surface area (Å²) in [5, 5.41) is 0. The van der Waals surface area contributed by atoms with Crippen molar-refractivity contribution in [3.05, 3.63) is 76.4 Å². The van der Waals surface area contributed by atoms with Gasteiger partial charge in [0.2, 0.25) is 0 Å². The quantitative estimate of drug-likeness (QED) is 0.486. The molecule has 0 aliphatic carbocycles. The van der Waals surface area contributed by atoms with Gasteiger partial charge in [0.05, 0.1) is 0 Å². The first-order valence-electron chi connectivity index (χ1n) is 6.45. The lowest BCUT2D eigenvalue weighted by Crippen LogP contribution is -1.89. The molecule has 0 bridgehead atoms. The minimum atomic E-state index is 0.794. The van der Waals surface area contributed by atoms with Crippen LogP contribution in [0, 0.1) is 3.57 Å². The monoisotopic (exact) mass is 371 g/mol. The van der Waals surface area contributed by atoms with Crippen molar-refractivity contribution in [2.75, 3.05) is 5.73 Å². The van der Waals surface area contributed by atoms with E-state index in [2.05, 4.69) is 77.2 Å². The predicted octanol–water partition coefficient (Wildman–Crippen LogP) is 5.21. The molecule has 3 aromatic carbocycles. The summed E-state index contributed by atoms with van der Waals surface area (Å²) in [5.41, 5.74) is 11.5. The van der Waals surface area contributed by atoms with Crippen LogP contribution in [0.15, 0.2) is 72.8 Å². The molecule has 0 aliphatic rings. The molecule has 0 saturated heterocycles. The highest BCUT2D eigenvalue weighted by Crippen LogP contribution is 2.33. The molecule has 0 aromatic heterocycles. The number of hydrogen-bond acceptors (Lipinski definition) is 1. The summed E-state index contributed by atoms with van der Waals surface area (Å²) < 4.78 is 1.26. The maximum absolute atomic E-state index is 5.76. The van der Waals surface area contributed by atoms with E-state index in [0.29, 0.717) is 0 Å². The van der Waals surface area contributed by atoms with Gasteiger partial charge in [-0.1, -0.05) is 60.7 Å². The number of hydrogen-bond donors (Lipinski definition) is 1. The van der Waals surface area contributed by atoms with Crippen LogP contribution < -0.4 is 5.73 Å². The lowest BCUT2D eigenvalue weighted by molar-refractivity contribution is 1.55. The summed E-state index contributed by atoms with van der Waals surface area (Å²) >= 11 is 2.43. The van der Waals surface area contributed by atoms with Crippen LogP contribution >= 0.6 is 22.6 Å². The van der Waals surface area contributed by atoms with Gasteiger partial charge in [-0.05, 0) is 57.0 Å². The molecule has 0 saturated carbocycles. The van der Waals surface area contributed by atoms with E-state index in [9.17, 15) is 0 Å². The fourth-order valence-corrected chi connectivity index (χ4v) is 3.24. The van der Waals surface area contributed by atoms with Crippen LogP contribution in [-0.4, -0.2) is 0 Å². The lowest BCUT2D eigenvalue weighted by Gasteiger charge is -2.11. The van der Waals surface area contributed by atoms with Crippen LogP contribution in [0.5, 0.6) is 0 Å². The maximum Gasteiger partial charge on any atom is 0.0314 e. The van der Waals surface area contributed by atoms with E-state index in [0.717, 1.165) is 5.69 Å². The highest BCUT2D eigenvalue weighted by atomic mass is 127. The van der Waals surface area contributed by atoms with E-state index in [1.807, 2.05) is 18.2 Å². The molecule has 0 heterocycles. The maximum atomic E-state index is 5.76. The molecule has 3 rings (SSSR count). The number of benzene rings is 3. The second kappa shape index (κ2) is 5.67. The zero-order valence-electron chi connectivity index (χ0n) is 10.9. The van der Waals surface area contributed by atoms with E-state index < -0.39 is 0 Å². The van der Waals surface area contributed by atoms with Crippen LogP contribution in [0.25, 0.3) is 22.3 Å². The average Bonchev–Trinajstić information content (AvgIpc) is 2.49. The molecule has 0 unspecified atom stereocenters. The number of nitrogen functional groups attached to an aromatic ring is 1. The Balaban J connectivity index is 2.13. The Morgan fingerprint density at radius 2 is 1.15 bits per heavy atom. The van der Waals surface area contributed by atoms with E-state index in [-0.39, 0.29) is 0 Å². The zero-order valence-corrected chi connectivity index (χ0v) is 13.0. The zero-order chi connectivity index (χ0) is 13.9. The summed E-state index contributed by atoms with van der Waals surface area (Å²) in [6.45, 7) is 0. The van der Waals surface area contributed by atoms with E-state index in [1.54, 1.807) is 0 Å². The molecular formula is C18H14IN. The third-order valence-electron chi connectivity index (χ3n) is 3.31. The fraction of sp³-hybridized carbons (Fsp3) is 0. The van der Waals surface area contributed by atoms with Gasteiger partial charge in [-0.3, -0.25) is 0 Å². The second-order valence-corrected chi connectivity index (χ2v) is 5.73. The van der Waals surface area contributed by atoms with Gasteiger partial charge < -0.3 is 5.73 Å². The first kappa shape index (κ1) is 13.2. The van der Waals surface area contributed by atoms with Gasteiger partial charge in [-0.25, -0.2) is 0 Å². The number of rotatable bonds is 2. The summed E-state index contributed by atoms with van der Waals surface area (Å²) in [7, 11) is 0. The SMILES string of the molecule is Nc1ccc(-c2cccc(-c3ccccc3)c2I)cc1. The largest absolute Gasteiger partial charge is 0.399 e. The molecule has 0 spiro atoms. The number of halogens is 1.